The number of halogens is 2. The molecule has 0 heterocycles. The predicted octanol–water partition coefficient (Wildman–Crippen LogP) is 1.60. The van der Waals surface area contributed by atoms with Gasteiger partial charge in [-0.15, -0.1) is 0 Å². The van der Waals surface area contributed by atoms with Crippen LogP contribution in [0.25, 0.3) is 0 Å². The van der Waals surface area contributed by atoms with Crippen LogP contribution in [-0.2, 0) is 0 Å². The molecule has 6 nitrogen and oxygen atoms in total. The van der Waals surface area contributed by atoms with Crippen LogP contribution in [0.2, 0.25) is 0 Å². The molecule has 0 radical (unpaired) electrons. The van der Waals surface area contributed by atoms with E-state index in [-0.39, 0.29) is 18.8 Å². The topological polar surface area (TPSA) is 78.6 Å². The van der Waals surface area contributed by atoms with E-state index in [1.165, 1.54) is 6.92 Å². The van der Waals surface area contributed by atoms with Gasteiger partial charge in [0.1, 0.15) is 11.5 Å². The van der Waals surface area contributed by atoms with E-state index < -0.39 is 27.8 Å². The summed E-state index contributed by atoms with van der Waals surface area (Å²) < 4.78 is 26.5. The van der Waals surface area contributed by atoms with Crippen LogP contribution in [0.15, 0.2) is 12.1 Å². The van der Waals surface area contributed by atoms with Gasteiger partial charge in [0.15, 0.2) is 0 Å². The number of nitro benzene ring substituents is 1. The van der Waals surface area contributed by atoms with Crippen LogP contribution in [-0.4, -0.2) is 47.7 Å². The monoisotopic (exact) mass is 289 g/mol. The summed E-state index contributed by atoms with van der Waals surface area (Å²) in [5.74, 6) is -2.19. The van der Waals surface area contributed by atoms with E-state index in [2.05, 4.69) is 5.32 Å². The smallest absolute Gasteiger partial charge is 0.327 e. The molecule has 0 aliphatic carbocycles. The lowest BCUT2D eigenvalue weighted by molar-refractivity contribution is -0.386. The predicted molar refractivity (Wildman–Crippen MR) is 70.7 cm³/mol. The lowest BCUT2D eigenvalue weighted by Crippen LogP contribution is -2.43. The Bertz CT molecular complexity index is 507. The van der Waals surface area contributed by atoms with Crippen LogP contribution in [0.5, 0.6) is 0 Å². The lowest BCUT2D eigenvalue weighted by atomic mass is 10.1. The second-order valence-corrected chi connectivity index (χ2v) is 5.13. The first kappa shape index (κ1) is 16.3. The fourth-order valence-electron chi connectivity index (χ4n) is 1.91. The van der Waals surface area contributed by atoms with Crippen LogP contribution in [0, 0.1) is 21.7 Å². The largest absolute Gasteiger partial charge is 0.387 e. The minimum Gasteiger partial charge on any atom is -0.387 e. The van der Waals surface area contributed by atoms with E-state index in [4.69, 9.17) is 0 Å². The maximum Gasteiger partial charge on any atom is 0.327 e. The first-order valence-corrected chi connectivity index (χ1v) is 5.87. The van der Waals surface area contributed by atoms with Gasteiger partial charge in [0.25, 0.3) is 0 Å². The van der Waals surface area contributed by atoms with E-state index >= 15 is 0 Å². The van der Waals surface area contributed by atoms with Gasteiger partial charge in [-0.2, -0.15) is 4.39 Å². The molecule has 1 aromatic rings. The quantitative estimate of drug-likeness (QED) is 0.614. The number of likely N-dealkylation sites (N-methyl/N-ethyl adjacent to an activating group) is 1. The van der Waals surface area contributed by atoms with E-state index in [0.29, 0.717) is 6.07 Å². The number of hydrogen-bond acceptors (Lipinski definition) is 5. The van der Waals surface area contributed by atoms with Gasteiger partial charge in [-0.05, 0) is 21.0 Å². The van der Waals surface area contributed by atoms with Gasteiger partial charge in [0, 0.05) is 25.2 Å². The Morgan fingerprint density at radius 3 is 2.55 bits per heavy atom. The van der Waals surface area contributed by atoms with Crippen molar-refractivity contribution in [1.29, 1.82) is 0 Å². The summed E-state index contributed by atoms with van der Waals surface area (Å²) in [5, 5.41) is 23.4. The molecule has 0 spiro atoms. The molecule has 1 aromatic carbocycles. The fraction of sp³-hybridized carbons (Fsp3) is 0.500. The maximum atomic E-state index is 13.4. The van der Waals surface area contributed by atoms with Crippen molar-refractivity contribution in [1.82, 2.24) is 4.90 Å². The average molecular weight is 289 g/mol. The van der Waals surface area contributed by atoms with Crippen molar-refractivity contribution in [2.45, 2.75) is 12.5 Å². The van der Waals surface area contributed by atoms with Gasteiger partial charge in [-0.3, -0.25) is 10.1 Å². The molecule has 0 saturated heterocycles. The van der Waals surface area contributed by atoms with Crippen molar-refractivity contribution in [3.8, 4) is 0 Å². The molecule has 0 bridgehead atoms. The van der Waals surface area contributed by atoms with Crippen LogP contribution in [0.3, 0.4) is 0 Å². The zero-order chi connectivity index (χ0) is 15.5. The summed E-state index contributed by atoms with van der Waals surface area (Å²) in [6.07, 6.45) is 0. The highest BCUT2D eigenvalue weighted by Crippen LogP contribution is 2.29. The molecule has 0 aromatic heterocycles. The summed E-state index contributed by atoms with van der Waals surface area (Å²) >= 11 is 0. The minimum atomic E-state index is -1.26. The van der Waals surface area contributed by atoms with E-state index in [9.17, 15) is 24.0 Å². The highest BCUT2D eigenvalue weighted by Gasteiger charge is 2.26. The van der Waals surface area contributed by atoms with E-state index in [0.717, 1.165) is 6.07 Å². The second-order valence-electron chi connectivity index (χ2n) is 5.13. The number of rotatable bonds is 6. The summed E-state index contributed by atoms with van der Waals surface area (Å²) in [6, 6.07) is 1.27. The second kappa shape index (κ2) is 6.10. The molecular weight excluding hydrogens is 272 g/mol. The Morgan fingerprint density at radius 1 is 1.45 bits per heavy atom. The van der Waals surface area contributed by atoms with Gasteiger partial charge in [0.05, 0.1) is 10.5 Å². The SMILES string of the molecule is CN(C)CC(C)(O)CNc1cc(F)cc(F)c1[N+](=O)[O-]. The number of benzene rings is 1. The average Bonchev–Trinajstić information content (AvgIpc) is 2.22. The Morgan fingerprint density at radius 2 is 2.05 bits per heavy atom. The number of nitrogens with zero attached hydrogens (tertiary/aromatic N) is 2. The molecule has 0 saturated carbocycles. The maximum absolute atomic E-state index is 13.4. The summed E-state index contributed by atoms with van der Waals surface area (Å²) in [4.78, 5) is 11.6. The van der Waals surface area contributed by atoms with Gasteiger partial charge in [-0.25, -0.2) is 4.39 Å². The summed E-state index contributed by atoms with van der Waals surface area (Å²) in [5.41, 5.74) is -2.35. The molecule has 0 fully saturated rings. The lowest BCUT2D eigenvalue weighted by Gasteiger charge is -2.27. The normalized spacial score (nSPS) is 14.2. The molecule has 0 amide bonds. The first-order valence-electron chi connectivity index (χ1n) is 5.87. The molecule has 1 rings (SSSR count). The third-order valence-corrected chi connectivity index (χ3v) is 2.53. The number of anilines is 1. The van der Waals surface area contributed by atoms with Crippen LogP contribution in [0.4, 0.5) is 20.2 Å². The van der Waals surface area contributed by atoms with Gasteiger partial charge < -0.3 is 15.3 Å². The summed E-state index contributed by atoms with van der Waals surface area (Å²) in [6.45, 7) is 1.71. The van der Waals surface area contributed by atoms with E-state index in [1.807, 2.05) is 0 Å². The summed E-state index contributed by atoms with van der Waals surface area (Å²) in [7, 11) is 3.50. The van der Waals surface area contributed by atoms with Gasteiger partial charge in [0.2, 0.25) is 5.82 Å². The van der Waals surface area contributed by atoms with Crippen molar-refractivity contribution < 1.29 is 18.8 Å². The number of hydrogen-bond donors (Lipinski definition) is 2. The molecule has 0 aliphatic heterocycles. The van der Waals surface area contributed by atoms with Crippen molar-refractivity contribution >= 4 is 11.4 Å². The Labute approximate surface area is 115 Å². The van der Waals surface area contributed by atoms with Gasteiger partial charge >= 0.3 is 5.69 Å². The number of nitro groups is 1. The van der Waals surface area contributed by atoms with Crippen LogP contribution in [0.1, 0.15) is 6.92 Å². The van der Waals surface area contributed by atoms with Crippen molar-refractivity contribution in [2.24, 2.45) is 0 Å². The van der Waals surface area contributed by atoms with Gasteiger partial charge in [-0.1, -0.05) is 0 Å². The Hall–Kier alpha value is -1.80. The Kier molecular flexibility index (Phi) is 4.96. The fourth-order valence-corrected chi connectivity index (χ4v) is 1.91. The highest BCUT2D eigenvalue weighted by molar-refractivity contribution is 5.62. The van der Waals surface area contributed by atoms with Crippen molar-refractivity contribution in [3.05, 3.63) is 33.9 Å². The third-order valence-electron chi connectivity index (χ3n) is 2.53. The molecule has 8 heteroatoms. The molecule has 2 N–H and O–H groups in total. The first-order chi connectivity index (χ1) is 9.12. The molecule has 0 aliphatic rings. The van der Waals surface area contributed by atoms with Crippen LogP contribution < -0.4 is 5.32 Å². The third kappa shape index (κ3) is 4.39. The molecular formula is C12H17F2N3O3. The number of aliphatic hydroxyl groups is 1. The van der Waals surface area contributed by atoms with Crippen molar-refractivity contribution in [2.75, 3.05) is 32.5 Å². The highest BCUT2D eigenvalue weighted by atomic mass is 19.1. The minimum absolute atomic E-state index is 0.0884. The van der Waals surface area contributed by atoms with E-state index in [1.54, 1.807) is 19.0 Å². The molecule has 1 atom stereocenters. The zero-order valence-corrected chi connectivity index (χ0v) is 11.5. The van der Waals surface area contributed by atoms with Crippen molar-refractivity contribution in [3.63, 3.8) is 0 Å². The molecule has 112 valence electrons. The molecule has 1 unspecified atom stereocenters. The van der Waals surface area contributed by atoms with Crippen LogP contribution >= 0.6 is 0 Å². The number of nitrogens with one attached hydrogen (secondary N) is 1. The molecule has 20 heavy (non-hydrogen) atoms. The zero-order valence-electron chi connectivity index (χ0n) is 11.5. The Balaban J connectivity index is 2.95. The standard InChI is InChI=1S/C12H17F2N3O3/c1-12(18,7-16(2)3)6-15-10-5-8(13)4-9(14)11(10)17(19)20/h4-5,15,18H,6-7H2,1-3H3.